The van der Waals surface area contributed by atoms with Gasteiger partial charge in [-0.15, -0.1) is 0 Å². The van der Waals surface area contributed by atoms with Gasteiger partial charge in [-0.3, -0.25) is 0 Å². The van der Waals surface area contributed by atoms with E-state index < -0.39 is 22.3 Å². The smallest absolute Gasteiger partial charge is 0.247 e. The molecule has 1 N–H and O–H groups in total. The summed E-state index contributed by atoms with van der Waals surface area (Å²) in [5.41, 5.74) is 1.41. The highest BCUT2D eigenvalue weighted by Crippen LogP contribution is 2.33. The SMILES string of the molecule is CS(=O)(=O)c1nccc(-c2c(-c3ccc(F)cc3)noc2CO)n1. The Morgan fingerprint density at radius 3 is 2.54 bits per heavy atom. The topological polar surface area (TPSA) is 106 Å². The molecule has 0 spiro atoms. The largest absolute Gasteiger partial charge is 0.388 e. The summed E-state index contributed by atoms with van der Waals surface area (Å²) in [5, 5.41) is 13.0. The second kappa shape index (κ2) is 6.10. The van der Waals surface area contributed by atoms with Gasteiger partial charge in [-0.2, -0.15) is 0 Å². The first-order valence-electron chi connectivity index (χ1n) is 6.79. The van der Waals surface area contributed by atoms with Crippen LogP contribution in [0.2, 0.25) is 0 Å². The van der Waals surface area contributed by atoms with Crippen molar-refractivity contribution < 1.29 is 22.4 Å². The van der Waals surface area contributed by atoms with Crippen LogP contribution in [0.4, 0.5) is 4.39 Å². The maximum absolute atomic E-state index is 13.1. The van der Waals surface area contributed by atoms with Gasteiger partial charge in [-0.1, -0.05) is 5.16 Å². The number of nitrogens with zero attached hydrogens (tertiary/aromatic N) is 3. The maximum Gasteiger partial charge on any atom is 0.247 e. The summed E-state index contributed by atoms with van der Waals surface area (Å²) in [7, 11) is -3.60. The molecule has 9 heteroatoms. The van der Waals surface area contributed by atoms with E-state index in [0.29, 0.717) is 16.8 Å². The number of aromatic nitrogens is 3. The predicted molar refractivity (Wildman–Crippen MR) is 82.0 cm³/mol. The molecule has 0 unspecified atom stereocenters. The fraction of sp³-hybridized carbons (Fsp3) is 0.133. The Hall–Kier alpha value is -2.65. The van der Waals surface area contributed by atoms with Crippen molar-refractivity contribution in [2.45, 2.75) is 11.8 Å². The van der Waals surface area contributed by atoms with Gasteiger partial charge < -0.3 is 9.63 Å². The summed E-state index contributed by atoms with van der Waals surface area (Å²) in [6.07, 6.45) is 2.29. The Balaban J connectivity index is 2.21. The lowest BCUT2D eigenvalue weighted by atomic mass is 10.0. The molecule has 3 rings (SSSR count). The molecule has 0 saturated heterocycles. The first-order chi connectivity index (χ1) is 11.4. The van der Waals surface area contributed by atoms with E-state index in [1.165, 1.54) is 36.5 Å². The highest BCUT2D eigenvalue weighted by atomic mass is 32.2. The quantitative estimate of drug-likeness (QED) is 0.716. The number of hydrogen-bond acceptors (Lipinski definition) is 7. The molecule has 2 aromatic heterocycles. The molecule has 0 aliphatic heterocycles. The van der Waals surface area contributed by atoms with E-state index in [1.54, 1.807) is 0 Å². The average molecular weight is 349 g/mol. The van der Waals surface area contributed by atoms with Crippen molar-refractivity contribution in [3.8, 4) is 22.5 Å². The molecule has 1 aromatic carbocycles. The summed E-state index contributed by atoms with van der Waals surface area (Å²) in [6, 6.07) is 6.99. The Morgan fingerprint density at radius 1 is 1.21 bits per heavy atom. The third kappa shape index (κ3) is 3.03. The van der Waals surface area contributed by atoms with Crippen LogP contribution >= 0.6 is 0 Å². The first kappa shape index (κ1) is 16.2. The van der Waals surface area contributed by atoms with E-state index in [1.807, 2.05) is 0 Å². The number of rotatable bonds is 4. The highest BCUT2D eigenvalue weighted by molar-refractivity contribution is 7.90. The lowest BCUT2D eigenvalue weighted by Gasteiger charge is -2.04. The van der Waals surface area contributed by atoms with Crippen molar-refractivity contribution in [2.75, 3.05) is 6.26 Å². The Kier molecular flexibility index (Phi) is 4.12. The Labute approximate surface area is 136 Å². The van der Waals surface area contributed by atoms with E-state index in [-0.39, 0.29) is 16.6 Å². The van der Waals surface area contributed by atoms with Crippen LogP contribution in [0.1, 0.15) is 5.76 Å². The molecule has 0 amide bonds. The molecule has 0 aliphatic carbocycles. The summed E-state index contributed by atoms with van der Waals surface area (Å²) >= 11 is 0. The first-order valence-corrected chi connectivity index (χ1v) is 8.68. The molecular weight excluding hydrogens is 337 g/mol. The molecular formula is C15H12FN3O4S. The van der Waals surface area contributed by atoms with Gasteiger partial charge in [0, 0.05) is 18.0 Å². The number of hydrogen-bond donors (Lipinski definition) is 1. The van der Waals surface area contributed by atoms with Crippen LogP contribution in [0, 0.1) is 5.82 Å². The molecule has 0 saturated carbocycles. The zero-order valence-corrected chi connectivity index (χ0v) is 13.3. The highest BCUT2D eigenvalue weighted by Gasteiger charge is 2.22. The molecule has 2 heterocycles. The third-order valence-corrected chi connectivity index (χ3v) is 4.11. The van der Waals surface area contributed by atoms with Crippen LogP contribution in [0.3, 0.4) is 0 Å². The Morgan fingerprint density at radius 2 is 1.92 bits per heavy atom. The van der Waals surface area contributed by atoms with Gasteiger partial charge in [-0.05, 0) is 30.3 Å². The van der Waals surface area contributed by atoms with E-state index in [0.717, 1.165) is 6.26 Å². The number of aliphatic hydroxyl groups excluding tert-OH is 1. The summed E-state index contributed by atoms with van der Waals surface area (Å²) in [5.74, 6) is -0.292. The summed E-state index contributed by atoms with van der Waals surface area (Å²) < 4.78 is 41.5. The van der Waals surface area contributed by atoms with E-state index in [4.69, 9.17) is 4.52 Å². The molecule has 0 aliphatic rings. The van der Waals surface area contributed by atoms with Crippen LogP contribution in [0.25, 0.3) is 22.5 Å². The second-order valence-electron chi connectivity index (χ2n) is 4.99. The van der Waals surface area contributed by atoms with Crippen molar-refractivity contribution in [3.63, 3.8) is 0 Å². The predicted octanol–water partition coefficient (Wildman–Crippen LogP) is 1.83. The van der Waals surface area contributed by atoms with Crippen LogP contribution < -0.4 is 0 Å². The fourth-order valence-corrected chi connectivity index (χ4v) is 2.68. The zero-order chi connectivity index (χ0) is 17.3. The van der Waals surface area contributed by atoms with Gasteiger partial charge in [0.05, 0.1) is 11.3 Å². The monoisotopic (exact) mass is 349 g/mol. The molecule has 3 aromatic rings. The van der Waals surface area contributed by atoms with Crippen LogP contribution in [0.15, 0.2) is 46.2 Å². The van der Waals surface area contributed by atoms with Crippen molar-refractivity contribution in [2.24, 2.45) is 0 Å². The molecule has 0 radical (unpaired) electrons. The van der Waals surface area contributed by atoms with Gasteiger partial charge in [-0.25, -0.2) is 22.8 Å². The van der Waals surface area contributed by atoms with Crippen LogP contribution in [-0.2, 0) is 16.4 Å². The molecule has 0 fully saturated rings. The van der Waals surface area contributed by atoms with Gasteiger partial charge in [0.15, 0.2) is 5.76 Å². The number of sulfone groups is 1. The average Bonchev–Trinajstić information content (AvgIpc) is 2.99. The second-order valence-corrected chi connectivity index (χ2v) is 6.90. The fourth-order valence-electron chi connectivity index (χ4n) is 2.16. The Bertz CT molecular complexity index is 984. The van der Waals surface area contributed by atoms with Crippen LogP contribution in [0.5, 0.6) is 0 Å². The van der Waals surface area contributed by atoms with Gasteiger partial charge in [0.1, 0.15) is 18.1 Å². The molecule has 0 atom stereocenters. The number of halogens is 1. The molecule has 0 bridgehead atoms. The third-order valence-electron chi connectivity index (χ3n) is 3.25. The lowest BCUT2D eigenvalue weighted by molar-refractivity contribution is 0.230. The zero-order valence-electron chi connectivity index (χ0n) is 12.5. The lowest BCUT2D eigenvalue weighted by Crippen LogP contribution is -2.04. The molecule has 124 valence electrons. The van der Waals surface area contributed by atoms with Gasteiger partial charge in [0.25, 0.3) is 0 Å². The maximum atomic E-state index is 13.1. The minimum atomic E-state index is -3.60. The summed E-state index contributed by atoms with van der Waals surface area (Å²) in [6.45, 7) is -0.457. The normalized spacial score (nSPS) is 11.6. The van der Waals surface area contributed by atoms with Gasteiger partial charge in [0.2, 0.25) is 15.0 Å². The molecule has 24 heavy (non-hydrogen) atoms. The number of aliphatic hydroxyl groups is 1. The van der Waals surface area contributed by atoms with Crippen molar-refractivity contribution in [3.05, 3.63) is 48.1 Å². The van der Waals surface area contributed by atoms with Crippen molar-refractivity contribution in [1.82, 2.24) is 15.1 Å². The van der Waals surface area contributed by atoms with Crippen molar-refractivity contribution >= 4 is 9.84 Å². The van der Waals surface area contributed by atoms with Crippen LogP contribution in [-0.4, -0.2) is 34.9 Å². The molecule has 7 nitrogen and oxygen atoms in total. The van der Waals surface area contributed by atoms with E-state index in [2.05, 4.69) is 15.1 Å². The summed E-state index contributed by atoms with van der Waals surface area (Å²) in [4.78, 5) is 7.74. The van der Waals surface area contributed by atoms with Gasteiger partial charge >= 0.3 is 0 Å². The van der Waals surface area contributed by atoms with E-state index in [9.17, 15) is 17.9 Å². The van der Waals surface area contributed by atoms with Crippen molar-refractivity contribution in [1.29, 1.82) is 0 Å². The van der Waals surface area contributed by atoms with E-state index >= 15 is 0 Å². The standard InChI is InChI=1S/C15H12FN3O4S/c1-24(21,22)15-17-7-6-11(18-15)13-12(8-20)23-19-14(13)9-2-4-10(16)5-3-9/h2-7,20H,8H2,1H3. The number of benzene rings is 1. The minimum Gasteiger partial charge on any atom is -0.388 e. The minimum absolute atomic E-state index is 0.118.